The molecule has 0 spiro atoms. The van der Waals surface area contributed by atoms with E-state index in [1.165, 1.54) is 0 Å². The zero-order valence-electron chi connectivity index (χ0n) is 17.5. The maximum absolute atomic E-state index is 13.5. The molecule has 0 saturated carbocycles. The Bertz CT molecular complexity index is 943. The number of benzene rings is 2. The normalized spacial score (nSPS) is 21.5. The number of piperidine rings is 1. The third-order valence-electron chi connectivity index (χ3n) is 5.70. The van der Waals surface area contributed by atoms with E-state index in [2.05, 4.69) is 0 Å². The average Bonchev–Trinajstić information content (AvgIpc) is 2.77. The van der Waals surface area contributed by atoms with Crippen molar-refractivity contribution in [2.45, 2.75) is 38.0 Å². The van der Waals surface area contributed by atoms with Crippen molar-refractivity contribution in [1.29, 1.82) is 0 Å². The van der Waals surface area contributed by atoms with Gasteiger partial charge in [-0.3, -0.25) is 4.79 Å². The first kappa shape index (κ1) is 22.7. The highest BCUT2D eigenvalue weighted by Crippen LogP contribution is 2.44. The van der Waals surface area contributed by atoms with Crippen molar-refractivity contribution in [3.63, 3.8) is 0 Å². The maximum atomic E-state index is 13.5. The van der Waals surface area contributed by atoms with Crippen molar-refractivity contribution in [3.8, 4) is 16.9 Å². The van der Waals surface area contributed by atoms with Gasteiger partial charge in [-0.15, -0.1) is 0 Å². The SMILES string of the molecule is COC(=O)[C@@H]1CC[C@@H](C)[C@H](c2ccccc2-c2ccc(OC)cc2)N1C(=O)C(F)(F)F. The van der Waals surface area contributed by atoms with Crippen LogP contribution in [0.2, 0.25) is 0 Å². The van der Waals surface area contributed by atoms with E-state index in [1.807, 2.05) is 0 Å². The number of nitrogens with zero attached hydrogens (tertiary/aromatic N) is 1. The van der Waals surface area contributed by atoms with Gasteiger partial charge in [0.2, 0.25) is 0 Å². The Balaban J connectivity index is 2.15. The molecule has 5 nitrogen and oxygen atoms in total. The summed E-state index contributed by atoms with van der Waals surface area (Å²) in [6.07, 6.45) is -4.53. The number of carbonyl (C=O) groups excluding carboxylic acids is 2. The van der Waals surface area contributed by atoms with Crippen LogP contribution in [0, 0.1) is 5.92 Å². The second-order valence-corrected chi connectivity index (χ2v) is 7.56. The summed E-state index contributed by atoms with van der Waals surface area (Å²) >= 11 is 0. The molecule has 0 N–H and O–H groups in total. The summed E-state index contributed by atoms with van der Waals surface area (Å²) in [4.78, 5) is 25.5. The minimum atomic E-state index is -5.11. The number of amides is 1. The van der Waals surface area contributed by atoms with Gasteiger partial charge in [0.15, 0.2) is 0 Å². The number of alkyl halides is 3. The number of rotatable bonds is 4. The van der Waals surface area contributed by atoms with Crippen LogP contribution in [0.15, 0.2) is 48.5 Å². The highest BCUT2D eigenvalue weighted by atomic mass is 19.4. The predicted molar refractivity (Wildman–Crippen MR) is 108 cm³/mol. The minimum Gasteiger partial charge on any atom is -0.497 e. The number of hydrogen-bond acceptors (Lipinski definition) is 4. The highest BCUT2D eigenvalue weighted by Gasteiger charge is 2.52. The molecule has 1 saturated heterocycles. The molecule has 3 rings (SSSR count). The molecule has 1 heterocycles. The van der Waals surface area contributed by atoms with Crippen LogP contribution in [-0.4, -0.2) is 43.2 Å². The van der Waals surface area contributed by atoms with Crippen molar-refractivity contribution in [2.75, 3.05) is 14.2 Å². The Morgan fingerprint density at radius 2 is 1.65 bits per heavy atom. The summed E-state index contributed by atoms with van der Waals surface area (Å²) in [6.45, 7) is 1.79. The number of methoxy groups -OCH3 is 2. The van der Waals surface area contributed by atoms with Gasteiger partial charge in [0.1, 0.15) is 11.8 Å². The Labute approximate surface area is 178 Å². The van der Waals surface area contributed by atoms with Crippen LogP contribution >= 0.6 is 0 Å². The van der Waals surface area contributed by atoms with Crippen LogP contribution in [0.3, 0.4) is 0 Å². The first-order valence-corrected chi connectivity index (χ1v) is 9.89. The highest BCUT2D eigenvalue weighted by molar-refractivity contribution is 5.88. The average molecular weight is 435 g/mol. The van der Waals surface area contributed by atoms with Crippen molar-refractivity contribution in [2.24, 2.45) is 5.92 Å². The largest absolute Gasteiger partial charge is 0.497 e. The number of halogens is 3. The second kappa shape index (κ2) is 8.99. The molecular weight excluding hydrogens is 411 g/mol. The summed E-state index contributed by atoms with van der Waals surface area (Å²) < 4.78 is 50.5. The number of hydrogen-bond donors (Lipinski definition) is 0. The quantitative estimate of drug-likeness (QED) is 0.650. The van der Waals surface area contributed by atoms with Gasteiger partial charge in [0, 0.05) is 0 Å². The standard InChI is InChI=1S/C23H24F3NO4/c1-14-8-13-19(21(28)31-3)27(22(29)23(24,25)26)20(14)18-7-5-4-6-17(18)15-9-11-16(30-2)12-10-15/h4-7,9-12,14,19-20H,8,13H2,1-3H3/t14-,19+,20-/m1/s1. The van der Waals surface area contributed by atoms with Crippen LogP contribution in [0.25, 0.3) is 11.1 Å². The van der Waals surface area contributed by atoms with Gasteiger partial charge < -0.3 is 14.4 Å². The lowest BCUT2D eigenvalue weighted by Gasteiger charge is -2.45. The van der Waals surface area contributed by atoms with Gasteiger partial charge in [-0.05, 0) is 47.6 Å². The van der Waals surface area contributed by atoms with Crippen LogP contribution in [0.4, 0.5) is 13.2 Å². The number of esters is 1. The van der Waals surface area contributed by atoms with E-state index in [0.29, 0.717) is 28.2 Å². The lowest BCUT2D eigenvalue weighted by Crippen LogP contribution is -2.56. The first-order valence-electron chi connectivity index (χ1n) is 9.89. The maximum Gasteiger partial charge on any atom is 0.471 e. The fourth-order valence-electron chi connectivity index (χ4n) is 4.21. The molecule has 2 aromatic rings. The molecule has 8 heteroatoms. The molecular formula is C23H24F3NO4. The van der Waals surface area contributed by atoms with E-state index in [0.717, 1.165) is 12.7 Å². The van der Waals surface area contributed by atoms with Gasteiger partial charge in [0.25, 0.3) is 0 Å². The number of likely N-dealkylation sites (tertiary alicyclic amines) is 1. The molecule has 1 aliphatic heterocycles. The fraction of sp³-hybridized carbons (Fsp3) is 0.391. The predicted octanol–water partition coefficient (Wildman–Crippen LogP) is 4.77. The van der Waals surface area contributed by atoms with Crippen LogP contribution in [0.1, 0.15) is 31.4 Å². The van der Waals surface area contributed by atoms with Gasteiger partial charge in [-0.2, -0.15) is 13.2 Å². The van der Waals surface area contributed by atoms with E-state index < -0.39 is 30.1 Å². The fourth-order valence-corrected chi connectivity index (χ4v) is 4.21. The van der Waals surface area contributed by atoms with Crippen LogP contribution in [0.5, 0.6) is 5.75 Å². The molecule has 1 aliphatic rings. The Hall–Kier alpha value is -3.03. The molecule has 0 radical (unpaired) electrons. The van der Waals surface area contributed by atoms with Crippen molar-refractivity contribution in [3.05, 3.63) is 54.1 Å². The zero-order valence-corrected chi connectivity index (χ0v) is 17.5. The van der Waals surface area contributed by atoms with Crippen molar-refractivity contribution in [1.82, 2.24) is 4.90 Å². The van der Waals surface area contributed by atoms with E-state index >= 15 is 0 Å². The summed E-state index contributed by atoms with van der Waals surface area (Å²) in [5.41, 5.74) is 2.00. The van der Waals surface area contributed by atoms with E-state index in [-0.39, 0.29) is 12.3 Å². The van der Waals surface area contributed by atoms with Crippen molar-refractivity contribution < 1.29 is 32.2 Å². The van der Waals surface area contributed by atoms with E-state index in [1.54, 1.807) is 62.6 Å². The molecule has 0 aliphatic carbocycles. The summed E-state index contributed by atoms with van der Waals surface area (Å²) in [5, 5.41) is 0. The molecule has 1 fully saturated rings. The number of ether oxygens (including phenoxy) is 2. The number of carbonyl (C=O) groups is 2. The molecule has 0 aromatic heterocycles. The first-order chi connectivity index (χ1) is 14.7. The van der Waals surface area contributed by atoms with Crippen LogP contribution < -0.4 is 4.74 Å². The molecule has 2 aromatic carbocycles. The zero-order chi connectivity index (χ0) is 22.8. The second-order valence-electron chi connectivity index (χ2n) is 7.56. The monoisotopic (exact) mass is 435 g/mol. The molecule has 3 atom stereocenters. The minimum absolute atomic E-state index is 0.108. The summed E-state index contributed by atoms with van der Waals surface area (Å²) in [6, 6.07) is 11.9. The molecule has 0 unspecified atom stereocenters. The van der Waals surface area contributed by atoms with Crippen molar-refractivity contribution >= 4 is 11.9 Å². The lowest BCUT2D eigenvalue weighted by molar-refractivity contribution is -0.197. The van der Waals surface area contributed by atoms with E-state index in [9.17, 15) is 22.8 Å². The molecule has 31 heavy (non-hydrogen) atoms. The van der Waals surface area contributed by atoms with Gasteiger partial charge in [-0.1, -0.05) is 43.3 Å². The van der Waals surface area contributed by atoms with Gasteiger partial charge >= 0.3 is 18.1 Å². The topological polar surface area (TPSA) is 55.8 Å². The Morgan fingerprint density at radius 3 is 2.23 bits per heavy atom. The third kappa shape index (κ3) is 4.52. The van der Waals surface area contributed by atoms with Gasteiger partial charge in [-0.25, -0.2) is 4.79 Å². The van der Waals surface area contributed by atoms with Gasteiger partial charge in [0.05, 0.1) is 20.3 Å². The Morgan fingerprint density at radius 1 is 1.00 bits per heavy atom. The summed E-state index contributed by atoms with van der Waals surface area (Å²) in [5.74, 6) is -2.54. The smallest absolute Gasteiger partial charge is 0.471 e. The Kier molecular flexibility index (Phi) is 6.57. The third-order valence-corrected chi connectivity index (χ3v) is 5.70. The molecule has 0 bridgehead atoms. The van der Waals surface area contributed by atoms with Crippen LogP contribution in [-0.2, 0) is 14.3 Å². The molecule has 166 valence electrons. The molecule has 1 amide bonds. The lowest BCUT2D eigenvalue weighted by atomic mass is 9.80. The summed E-state index contributed by atoms with van der Waals surface area (Å²) in [7, 11) is 2.65. The van der Waals surface area contributed by atoms with E-state index in [4.69, 9.17) is 9.47 Å².